The van der Waals surface area contributed by atoms with Gasteiger partial charge in [0, 0.05) is 11.6 Å². The number of aliphatic hydroxyl groups excluding tert-OH is 1. The third kappa shape index (κ3) is 5.34. The molecule has 1 atom stereocenters. The van der Waals surface area contributed by atoms with E-state index in [0.717, 1.165) is 6.08 Å². The predicted octanol–water partition coefficient (Wildman–Crippen LogP) is 2.95. The van der Waals surface area contributed by atoms with Crippen molar-refractivity contribution in [1.82, 2.24) is 0 Å². The highest BCUT2D eigenvalue weighted by molar-refractivity contribution is 5.99. The number of hydrogen-bond acceptors (Lipinski definition) is 4. The Morgan fingerprint density at radius 3 is 1.95 bits per heavy atom. The van der Waals surface area contributed by atoms with Crippen molar-refractivity contribution in [2.75, 3.05) is 7.11 Å². The van der Waals surface area contributed by atoms with Crippen molar-refractivity contribution in [3.63, 3.8) is 0 Å². The molecular formula is C18H18O4. The van der Waals surface area contributed by atoms with E-state index in [9.17, 15) is 14.7 Å². The molecule has 0 heterocycles. The van der Waals surface area contributed by atoms with Crippen molar-refractivity contribution in [3.8, 4) is 0 Å². The maximum atomic E-state index is 11.9. The summed E-state index contributed by atoms with van der Waals surface area (Å²) in [5, 5.41) is 9.89. The number of methoxy groups -OCH3 is 1. The Labute approximate surface area is 129 Å². The standard InChI is InChI=1S/C14H12O2.C4H6O2/c15-13(11-7-3-1-4-8-11)14(16)12-9-5-2-6-10-12;1-3-4(5)6-2/h1-10,13,15H;3H,1H2,2H3. The molecule has 0 amide bonds. The first kappa shape index (κ1) is 17.3. The van der Waals surface area contributed by atoms with Crippen molar-refractivity contribution in [2.45, 2.75) is 6.10 Å². The molecule has 2 aromatic rings. The van der Waals surface area contributed by atoms with Crippen molar-refractivity contribution < 1.29 is 19.4 Å². The number of rotatable bonds is 4. The Kier molecular flexibility index (Phi) is 7.29. The van der Waals surface area contributed by atoms with Crippen molar-refractivity contribution >= 4 is 11.8 Å². The molecule has 0 bridgehead atoms. The minimum Gasteiger partial charge on any atom is -0.466 e. The van der Waals surface area contributed by atoms with Gasteiger partial charge in [-0.3, -0.25) is 4.79 Å². The lowest BCUT2D eigenvalue weighted by Crippen LogP contribution is -2.11. The first-order valence-electron chi connectivity index (χ1n) is 6.62. The SMILES string of the molecule is C=CC(=O)OC.O=C(c1ccccc1)C(O)c1ccccc1. The molecule has 0 saturated heterocycles. The van der Waals surface area contributed by atoms with Crippen molar-refractivity contribution in [1.29, 1.82) is 0 Å². The quantitative estimate of drug-likeness (QED) is 0.535. The van der Waals surface area contributed by atoms with Crippen molar-refractivity contribution in [2.24, 2.45) is 0 Å². The number of benzene rings is 2. The highest BCUT2D eigenvalue weighted by Crippen LogP contribution is 2.17. The molecule has 0 saturated carbocycles. The van der Waals surface area contributed by atoms with Crippen LogP contribution in [0.1, 0.15) is 22.0 Å². The fourth-order valence-corrected chi connectivity index (χ4v) is 1.63. The lowest BCUT2D eigenvalue weighted by atomic mass is 10.0. The molecule has 1 unspecified atom stereocenters. The van der Waals surface area contributed by atoms with E-state index < -0.39 is 12.1 Å². The van der Waals surface area contributed by atoms with E-state index >= 15 is 0 Å². The molecule has 4 heteroatoms. The van der Waals surface area contributed by atoms with Crippen LogP contribution in [0.3, 0.4) is 0 Å². The number of hydrogen-bond donors (Lipinski definition) is 1. The van der Waals surface area contributed by atoms with Gasteiger partial charge in [-0.15, -0.1) is 0 Å². The molecule has 0 fully saturated rings. The molecule has 2 aromatic carbocycles. The monoisotopic (exact) mass is 298 g/mol. The maximum absolute atomic E-state index is 11.9. The first-order valence-corrected chi connectivity index (χ1v) is 6.62. The fourth-order valence-electron chi connectivity index (χ4n) is 1.63. The van der Waals surface area contributed by atoms with Gasteiger partial charge in [0.2, 0.25) is 0 Å². The summed E-state index contributed by atoms with van der Waals surface area (Å²) >= 11 is 0. The van der Waals surface area contributed by atoms with Crippen LogP contribution in [-0.4, -0.2) is 24.0 Å². The Hall–Kier alpha value is -2.72. The van der Waals surface area contributed by atoms with Gasteiger partial charge in [-0.1, -0.05) is 67.2 Å². The zero-order chi connectivity index (χ0) is 16.4. The van der Waals surface area contributed by atoms with E-state index in [1.807, 2.05) is 12.1 Å². The number of ketones is 1. The Morgan fingerprint density at radius 2 is 1.55 bits per heavy atom. The van der Waals surface area contributed by atoms with Crippen LogP contribution >= 0.6 is 0 Å². The average Bonchev–Trinajstić information content (AvgIpc) is 2.61. The highest BCUT2D eigenvalue weighted by Gasteiger charge is 2.18. The molecule has 0 aliphatic carbocycles. The molecule has 0 radical (unpaired) electrons. The number of ether oxygens (including phenoxy) is 1. The minimum absolute atomic E-state index is 0.271. The lowest BCUT2D eigenvalue weighted by Gasteiger charge is -2.09. The van der Waals surface area contributed by atoms with Gasteiger partial charge in [-0.25, -0.2) is 4.79 Å². The molecule has 2 rings (SSSR count). The topological polar surface area (TPSA) is 63.6 Å². The van der Waals surface area contributed by atoms with Gasteiger partial charge >= 0.3 is 5.97 Å². The summed E-state index contributed by atoms with van der Waals surface area (Å²) in [6, 6.07) is 17.7. The second kappa shape index (κ2) is 9.26. The number of carbonyl (C=O) groups excluding carboxylic acids is 2. The normalized spacial score (nSPS) is 10.6. The van der Waals surface area contributed by atoms with E-state index in [-0.39, 0.29) is 5.78 Å². The Morgan fingerprint density at radius 1 is 1.05 bits per heavy atom. The van der Waals surface area contributed by atoms with Gasteiger partial charge in [0.1, 0.15) is 6.10 Å². The summed E-state index contributed by atoms with van der Waals surface area (Å²) in [4.78, 5) is 21.7. The van der Waals surface area contributed by atoms with Gasteiger partial charge in [0.25, 0.3) is 0 Å². The van der Waals surface area contributed by atoms with Gasteiger partial charge in [0.05, 0.1) is 7.11 Å². The Balaban J connectivity index is 0.000000346. The van der Waals surface area contributed by atoms with Crippen LogP contribution in [0, 0.1) is 0 Å². The van der Waals surface area contributed by atoms with Crippen LogP contribution in [0.2, 0.25) is 0 Å². The van der Waals surface area contributed by atoms with E-state index in [2.05, 4.69) is 11.3 Å². The highest BCUT2D eigenvalue weighted by atomic mass is 16.5. The molecule has 4 nitrogen and oxygen atoms in total. The number of Topliss-reactive ketones (excluding diaryl/α,β-unsaturated/α-hetero) is 1. The zero-order valence-electron chi connectivity index (χ0n) is 12.3. The lowest BCUT2D eigenvalue weighted by molar-refractivity contribution is -0.134. The van der Waals surface area contributed by atoms with Gasteiger partial charge in [0.15, 0.2) is 5.78 Å². The van der Waals surface area contributed by atoms with Crippen LogP contribution in [-0.2, 0) is 9.53 Å². The van der Waals surface area contributed by atoms with Crippen LogP contribution in [0.4, 0.5) is 0 Å². The summed E-state index contributed by atoms with van der Waals surface area (Å²) < 4.78 is 4.14. The molecular weight excluding hydrogens is 280 g/mol. The van der Waals surface area contributed by atoms with Gasteiger partial charge < -0.3 is 9.84 Å². The third-order valence-electron chi connectivity index (χ3n) is 2.79. The van der Waals surface area contributed by atoms with Crippen LogP contribution in [0.25, 0.3) is 0 Å². The smallest absolute Gasteiger partial charge is 0.329 e. The molecule has 1 N–H and O–H groups in total. The van der Waals surface area contributed by atoms with Crippen LogP contribution < -0.4 is 0 Å². The fraction of sp³-hybridized carbons (Fsp3) is 0.111. The van der Waals surface area contributed by atoms with E-state index in [1.165, 1.54) is 7.11 Å². The Bertz CT molecular complexity index is 605. The summed E-state index contributed by atoms with van der Waals surface area (Å²) in [5.74, 6) is -0.665. The average molecular weight is 298 g/mol. The van der Waals surface area contributed by atoms with E-state index in [0.29, 0.717) is 11.1 Å². The number of esters is 1. The second-order valence-electron chi connectivity index (χ2n) is 4.27. The third-order valence-corrected chi connectivity index (χ3v) is 2.79. The maximum Gasteiger partial charge on any atom is 0.329 e. The molecule has 114 valence electrons. The molecule has 0 aliphatic heterocycles. The minimum atomic E-state index is -1.08. The molecule has 0 aromatic heterocycles. The first-order chi connectivity index (χ1) is 10.6. The van der Waals surface area contributed by atoms with Crippen LogP contribution in [0.5, 0.6) is 0 Å². The molecule has 22 heavy (non-hydrogen) atoms. The number of aliphatic hydroxyl groups is 1. The summed E-state index contributed by atoms with van der Waals surface area (Å²) in [6.07, 6.45) is 0.0311. The number of carbonyl (C=O) groups is 2. The van der Waals surface area contributed by atoms with Crippen molar-refractivity contribution in [3.05, 3.63) is 84.4 Å². The summed E-state index contributed by atoms with van der Waals surface area (Å²) in [6.45, 7) is 3.16. The largest absolute Gasteiger partial charge is 0.466 e. The zero-order valence-corrected chi connectivity index (χ0v) is 12.3. The predicted molar refractivity (Wildman–Crippen MR) is 84.4 cm³/mol. The molecule has 0 spiro atoms. The van der Waals surface area contributed by atoms with Gasteiger partial charge in [-0.05, 0) is 5.56 Å². The van der Waals surface area contributed by atoms with Gasteiger partial charge in [-0.2, -0.15) is 0 Å². The van der Waals surface area contributed by atoms with Crippen LogP contribution in [0.15, 0.2) is 73.3 Å². The summed E-state index contributed by atoms with van der Waals surface area (Å²) in [7, 11) is 1.31. The summed E-state index contributed by atoms with van der Waals surface area (Å²) in [5.41, 5.74) is 1.15. The molecule has 0 aliphatic rings. The van der Waals surface area contributed by atoms with E-state index in [4.69, 9.17) is 0 Å². The van der Waals surface area contributed by atoms with E-state index in [1.54, 1.807) is 48.5 Å². The second-order valence-corrected chi connectivity index (χ2v) is 4.27.